The van der Waals surface area contributed by atoms with Crippen LogP contribution in [0.5, 0.6) is 0 Å². The first kappa shape index (κ1) is 16.7. The number of nitrogens with one attached hydrogen (secondary N) is 1. The van der Waals surface area contributed by atoms with Gasteiger partial charge in [0.2, 0.25) is 5.91 Å². The third kappa shape index (κ3) is 3.66. The van der Waals surface area contributed by atoms with Gasteiger partial charge < -0.3 is 5.32 Å². The fourth-order valence-corrected chi connectivity index (χ4v) is 3.81. The number of hydrogen-bond donors (Lipinski definition) is 1. The van der Waals surface area contributed by atoms with E-state index < -0.39 is 0 Å². The average molecular weight is 355 g/mol. The topological polar surface area (TPSA) is 54.9 Å². The van der Waals surface area contributed by atoms with Crippen molar-refractivity contribution in [3.05, 3.63) is 54.4 Å². The van der Waals surface area contributed by atoms with Crippen LogP contribution < -0.4 is 5.32 Å². The molecule has 2 heterocycles. The maximum absolute atomic E-state index is 12.1. The summed E-state index contributed by atoms with van der Waals surface area (Å²) in [6, 6.07) is 11.9. The number of amides is 1. The number of fused-ring (bicyclic) bond motifs is 1. The number of carbonyl (C=O) groups is 1. The Hall–Kier alpha value is -2.18. The molecule has 1 amide bonds. The lowest BCUT2D eigenvalue weighted by Crippen LogP contribution is -2.30. The highest BCUT2D eigenvalue weighted by atomic mass is 32.2. The molecular formula is C18H17N3OS2. The molecule has 1 aromatic carbocycles. The molecule has 122 valence electrons. The molecule has 0 radical (unpaired) electrons. The van der Waals surface area contributed by atoms with Gasteiger partial charge >= 0.3 is 0 Å². The predicted octanol–water partition coefficient (Wildman–Crippen LogP) is 4.14. The summed E-state index contributed by atoms with van der Waals surface area (Å²) in [4.78, 5) is 22.5. The minimum absolute atomic E-state index is 0.0275. The zero-order chi connectivity index (χ0) is 16.9. The van der Waals surface area contributed by atoms with Crippen LogP contribution in [0.2, 0.25) is 0 Å². The van der Waals surface area contributed by atoms with E-state index in [0.717, 1.165) is 20.8 Å². The molecule has 0 aliphatic heterocycles. The Morgan fingerprint density at radius 2 is 2.17 bits per heavy atom. The van der Waals surface area contributed by atoms with Gasteiger partial charge in [-0.15, -0.1) is 17.9 Å². The molecule has 0 saturated heterocycles. The molecule has 0 spiro atoms. The van der Waals surface area contributed by atoms with E-state index in [0.29, 0.717) is 12.4 Å². The predicted molar refractivity (Wildman–Crippen MR) is 101 cm³/mol. The third-order valence-electron chi connectivity index (χ3n) is 3.39. The molecule has 1 unspecified atom stereocenters. The van der Waals surface area contributed by atoms with Gasteiger partial charge in [0.15, 0.2) is 5.82 Å². The smallest absolute Gasteiger partial charge is 0.233 e. The first-order valence-electron chi connectivity index (χ1n) is 7.55. The van der Waals surface area contributed by atoms with E-state index in [9.17, 15) is 4.79 Å². The summed E-state index contributed by atoms with van der Waals surface area (Å²) in [6.07, 6.45) is 1.67. The van der Waals surface area contributed by atoms with E-state index in [2.05, 4.69) is 16.9 Å². The number of carbonyl (C=O) groups excluding carboxylic acids is 1. The van der Waals surface area contributed by atoms with Crippen molar-refractivity contribution in [3.63, 3.8) is 0 Å². The molecule has 3 rings (SSSR count). The molecule has 4 nitrogen and oxygen atoms in total. The lowest BCUT2D eigenvalue weighted by Gasteiger charge is -2.12. The second-order valence-electron chi connectivity index (χ2n) is 5.14. The fraction of sp³-hybridized carbons (Fsp3) is 0.167. The van der Waals surface area contributed by atoms with Gasteiger partial charge in [-0.05, 0) is 24.4 Å². The molecule has 0 fully saturated rings. The van der Waals surface area contributed by atoms with Gasteiger partial charge in [-0.25, -0.2) is 9.97 Å². The monoisotopic (exact) mass is 355 g/mol. The highest BCUT2D eigenvalue weighted by Crippen LogP contribution is 2.32. The summed E-state index contributed by atoms with van der Waals surface area (Å²) in [5.41, 5.74) is 0.886. The summed E-state index contributed by atoms with van der Waals surface area (Å²) in [5.74, 6) is 0.671. The lowest BCUT2D eigenvalue weighted by molar-refractivity contribution is -0.120. The molecule has 0 aliphatic carbocycles. The summed E-state index contributed by atoms with van der Waals surface area (Å²) >= 11 is 3.06. The highest BCUT2D eigenvalue weighted by Gasteiger charge is 2.18. The SMILES string of the molecule is C=CCNC(=O)C(C)Sc1nc(-c2cccs2)nc2ccccc12. The standard InChI is InChI=1S/C18H17N3OS2/c1-3-10-19-17(22)12(2)24-18-13-7-4-5-8-14(13)20-16(21-18)15-9-6-11-23-15/h3-9,11-12H,1,10H2,2H3,(H,19,22). The maximum Gasteiger partial charge on any atom is 0.233 e. The Kier molecular flexibility index (Phi) is 5.27. The van der Waals surface area contributed by atoms with Gasteiger partial charge in [-0.2, -0.15) is 0 Å². The molecule has 1 N–H and O–H groups in total. The van der Waals surface area contributed by atoms with Crippen LogP contribution >= 0.6 is 23.1 Å². The Balaban J connectivity index is 1.96. The van der Waals surface area contributed by atoms with Gasteiger partial charge in [0.25, 0.3) is 0 Å². The van der Waals surface area contributed by atoms with Crippen LogP contribution in [0.25, 0.3) is 21.6 Å². The first-order valence-corrected chi connectivity index (χ1v) is 9.31. The Bertz CT molecular complexity index is 862. The van der Waals surface area contributed by atoms with Gasteiger partial charge in [0, 0.05) is 11.9 Å². The fourth-order valence-electron chi connectivity index (χ4n) is 2.19. The summed E-state index contributed by atoms with van der Waals surface area (Å²) < 4.78 is 0. The molecule has 6 heteroatoms. The summed E-state index contributed by atoms with van der Waals surface area (Å²) in [6.45, 7) is 5.96. The second kappa shape index (κ2) is 7.59. The van der Waals surface area contributed by atoms with Crippen LogP contribution in [0.15, 0.2) is 59.5 Å². The molecule has 0 bridgehead atoms. The minimum Gasteiger partial charge on any atom is -0.352 e. The number of para-hydroxylation sites is 1. The van der Waals surface area contributed by atoms with Gasteiger partial charge in [-0.3, -0.25) is 4.79 Å². The zero-order valence-electron chi connectivity index (χ0n) is 13.2. The Labute approximate surface area is 149 Å². The maximum atomic E-state index is 12.1. The molecule has 2 aromatic heterocycles. The van der Waals surface area contributed by atoms with Gasteiger partial charge in [-0.1, -0.05) is 42.1 Å². The van der Waals surface area contributed by atoms with Crippen molar-refractivity contribution in [2.75, 3.05) is 6.54 Å². The van der Waals surface area contributed by atoms with Crippen molar-refractivity contribution in [2.45, 2.75) is 17.2 Å². The molecule has 1 atom stereocenters. The van der Waals surface area contributed by atoms with E-state index in [4.69, 9.17) is 4.98 Å². The van der Waals surface area contributed by atoms with E-state index >= 15 is 0 Å². The van der Waals surface area contributed by atoms with Crippen molar-refractivity contribution in [3.8, 4) is 10.7 Å². The number of thiophene rings is 1. The van der Waals surface area contributed by atoms with Crippen LogP contribution in [-0.2, 0) is 4.79 Å². The Morgan fingerprint density at radius 3 is 2.92 bits per heavy atom. The summed E-state index contributed by atoms with van der Waals surface area (Å²) in [5, 5.41) is 6.37. The van der Waals surface area contributed by atoms with Crippen LogP contribution in [-0.4, -0.2) is 27.7 Å². The lowest BCUT2D eigenvalue weighted by atomic mass is 10.2. The number of nitrogens with zero attached hydrogens (tertiary/aromatic N) is 2. The quantitative estimate of drug-likeness (QED) is 0.410. The Morgan fingerprint density at radius 1 is 1.33 bits per heavy atom. The highest BCUT2D eigenvalue weighted by molar-refractivity contribution is 8.00. The van der Waals surface area contributed by atoms with E-state index in [1.165, 1.54) is 11.8 Å². The van der Waals surface area contributed by atoms with Gasteiger partial charge in [0.05, 0.1) is 15.6 Å². The molecule has 0 aliphatic rings. The van der Waals surface area contributed by atoms with Crippen LogP contribution in [0.1, 0.15) is 6.92 Å². The number of hydrogen-bond acceptors (Lipinski definition) is 5. The number of benzene rings is 1. The van der Waals surface area contributed by atoms with Crippen LogP contribution in [0.3, 0.4) is 0 Å². The minimum atomic E-state index is -0.251. The van der Waals surface area contributed by atoms with Crippen molar-refractivity contribution in [1.29, 1.82) is 0 Å². The van der Waals surface area contributed by atoms with Gasteiger partial charge in [0.1, 0.15) is 5.03 Å². The largest absolute Gasteiger partial charge is 0.352 e. The molecule has 3 aromatic rings. The van der Waals surface area contributed by atoms with Crippen molar-refractivity contribution in [2.24, 2.45) is 0 Å². The molecular weight excluding hydrogens is 338 g/mol. The third-order valence-corrected chi connectivity index (χ3v) is 5.36. The average Bonchev–Trinajstić information content (AvgIpc) is 3.14. The zero-order valence-corrected chi connectivity index (χ0v) is 14.9. The van der Waals surface area contributed by atoms with Crippen molar-refractivity contribution < 1.29 is 4.79 Å². The molecule has 24 heavy (non-hydrogen) atoms. The van der Waals surface area contributed by atoms with Crippen molar-refractivity contribution >= 4 is 39.9 Å². The van der Waals surface area contributed by atoms with Crippen LogP contribution in [0.4, 0.5) is 0 Å². The summed E-state index contributed by atoms with van der Waals surface area (Å²) in [7, 11) is 0. The van der Waals surface area contributed by atoms with Crippen LogP contribution in [0, 0.1) is 0 Å². The van der Waals surface area contributed by atoms with E-state index in [1.54, 1.807) is 17.4 Å². The number of aromatic nitrogens is 2. The normalized spacial score (nSPS) is 12.0. The second-order valence-corrected chi connectivity index (χ2v) is 7.42. The van der Waals surface area contributed by atoms with E-state index in [-0.39, 0.29) is 11.2 Å². The number of thioether (sulfide) groups is 1. The number of rotatable bonds is 6. The van der Waals surface area contributed by atoms with Crippen molar-refractivity contribution in [1.82, 2.24) is 15.3 Å². The molecule has 0 saturated carbocycles. The first-order chi connectivity index (χ1) is 11.7. The van der Waals surface area contributed by atoms with E-state index in [1.807, 2.05) is 48.7 Å².